The Morgan fingerprint density at radius 2 is 1.95 bits per heavy atom. The topological polar surface area (TPSA) is 58.6 Å². The third-order valence-corrected chi connectivity index (χ3v) is 6.20. The highest BCUT2D eigenvalue weighted by atomic mass is 32.3. The van der Waals surface area contributed by atoms with Crippen molar-refractivity contribution in [3.05, 3.63) is 48.2 Å². The van der Waals surface area contributed by atoms with Crippen LogP contribution < -0.4 is 0 Å². The highest BCUT2D eigenvalue weighted by Crippen LogP contribution is 2.35. The molecule has 0 bridgehead atoms. The third-order valence-electron chi connectivity index (χ3n) is 3.42. The highest BCUT2D eigenvalue weighted by Gasteiger charge is 2.35. The summed E-state index contributed by atoms with van der Waals surface area (Å²) in [4.78, 5) is 12.0. The van der Waals surface area contributed by atoms with Gasteiger partial charge in [0.25, 0.3) is 0 Å². The van der Waals surface area contributed by atoms with Gasteiger partial charge in [0, 0.05) is 18.7 Å². The number of nitrogens with zero attached hydrogens (tertiary/aromatic N) is 2. The molecular formula is C15H17N3OS. The second-order valence-corrected chi connectivity index (χ2v) is 10.0. The van der Waals surface area contributed by atoms with Crippen molar-refractivity contribution < 1.29 is 4.21 Å². The maximum atomic E-state index is 13.5. The number of pyridine rings is 1. The molecule has 1 aromatic carbocycles. The van der Waals surface area contributed by atoms with Gasteiger partial charge in [-0.2, -0.15) is 0 Å². The van der Waals surface area contributed by atoms with Gasteiger partial charge in [-0.25, -0.2) is 9.97 Å². The average molecular weight is 287 g/mol. The Morgan fingerprint density at radius 3 is 2.65 bits per heavy atom. The Hall–Kier alpha value is -2.01. The Bertz CT molecular complexity index is 846. The zero-order chi connectivity index (χ0) is 14.4. The summed E-state index contributed by atoms with van der Waals surface area (Å²) in [7, 11) is -3.29. The van der Waals surface area contributed by atoms with Crippen molar-refractivity contribution >= 4 is 20.1 Å². The molecule has 0 radical (unpaired) electrons. The number of rotatable bonds is 2. The van der Waals surface area contributed by atoms with Crippen LogP contribution >= 0.6 is 0 Å². The van der Waals surface area contributed by atoms with Crippen molar-refractivity contribution in [2.24, 2.45) is 0 Å². The molecule has 0 spiro atoms. The number of aryl methyl sites for hydroxylation is 1. The average Bonchev–Trinajstić information content (AvgIpc) is 2.83. The van der Waals surface area contributed by atoms with Crippen molar-refractivity contribution in [2.75, 3.05) is 12.5 Å². The fourth-order valence-electron chi connectivity index (χ4n) is 2.18. The summed E-state index contributed by atoms with van der Waals surface area (Å²) >= 11 is 0. The maximum Gasteiger partial charge on any atom is 0.180 e. The Labute approximate surface area is 117 Å². The molecule has 20 heavy (non-hydrogen) atoms. The van der Waals surface area contributed by atoms with Gasteiger partial charge in [-0.1, -0.05) is 12.1 Å². The van der Waals surface area contributed by atoms with E-state index >= 15 is 0 Å². The Morgan fingerprint density at radius 1 is 1.15 bits per heavy atom. The van der Waals surface area contributed by atoms with Gasteiger partial charge in [0.1, 0.15) is 5.03 Å². The molecule has 4 nitrogen and oxygen atoms in total. The number of benzene rings is 1. The van der Waals surface area contributed by atoms with Crippen LogP contribution in [0.5, 0.6) is 0 Å². The normalized spacial score (nSPS) is 14.1. The number of fused-ring (bicyclic) bond motifs is 1. The fraction of sp³-hybridized carbons (Fsp3) is 0.200. The number of hydrogen-bond donors (Lipinski definition) is 1. The minimum absolute atomic E-state index is 0.487. The van der Waals surface area contributed by atoms with Crippen LogP contribution in [0.4, 0.5) is 0 Å². The molecule has 104 valence electrons. The van der Waals surface area contributed by atoms with Gasteiger partial charge in [0.15, 0.2) is 5.16 Å². The van der Waals surface area contributed by atoms with Gasteiger partial charge >= 0.3 is 0 Å². The van der Waals surface area contributed by atoms with E-state index in [1.807, 2.05) is 37.3 Å². The van der Waals surface area contributed by atoms with Crippen LogP contribution in [0, 0.1) is 6.92 Å². The molecule has 3 rings (SSSR count). The minimum atomic E-state index is -3.29. The predicted molar refractivity (Wildman–Crippen MR) is 81.6 cm³/mol. The lowest BCUT2D eigenvalue weighted by atomic mass is 10.2. The molecule has 0 saturated carbocycles. The predicted octanol–water partition coefficient (Wildman–Crippen LogP) is 2.76. The van der Waals surface area contributed by atoms with E-state index in [0.717, 1.165) is 16.6 Å². The first-order chi connectivity index (χ1) is 9.35. The lowest BCUT2D eigenvalue weighted by Gasteiger charge is -2.30. The molecule has 3 aromatic rings. The van der Waals surface area contributed by atoms with Crippen LogP contribution in [0.2, 0.25) is 0 Å². The van der Waals surface area contributed by atoms with Crippen LogP contribution in [0.25, 0.3) is 11.0 Å². The summed E-state index contributed by atoms with van der Waals surface area (Å²) in [6.07, 6.45) is 5.08. The van der Waals surface area contributed by atoms with E-state index in [4.69, 9.17) is 0 Å². The molecular weight excluding hydrogens is 270 g/mol. The van der Waals surface area contributed by atoms with E-state index in [9.17, 15) is 4.21 Å². The van der Waals surface area contributed by atoms with Crippen LogP contribution in [0.3, 0.4) is 0 Å². The molecule has 0 aliphatic heterocycles. The zero-order valence-electron chi connectivity index (χ0n) is 11.8. The molecule has 2 heterocycles. The molecule has 0 saturated heterocycles. The fourth-order valence-corrected chi connectivity index (χ4v) is 3.99. The molecule has 0 unspecified atom stereocenters. The van der Waals surface area contributed by atoms with Gasteiger partial charge in [-0.3, -0.25) is 4.21 Å². The maximum absolute atomic E-state index is 13.5. The number of hydrogen-bond acceptors (Lipinski definition) is 3. The second-order valence-electron chi connectivity index (χ2n) is 5.56. The van der Waals surface area contributed by atoms with Gasteiger partial charge in [-0.15, -0.1) is 0 Å². The Kier molecular flexibility index (Phi) is 2.59. The minimum Gasteiger partial charge on any atom is -0.332 e. The monoisotopic (exact) mass is 287 g/mol. The van der Waals surface area contributed by atoms with Crippen LogP contribution in [0.15, 0.2) is 52.8 Å². The van der Waals surface area contributed by atoms with Crippen molar-refractivity contribution in [1.82, 2.24) is 15.0 Å². The molecule has 0 amide bonds. The third kappa shape index (κ3) is 1.94. The summed E-state index contributed by atoms with van der Waals surface area (Å²) in [6, 6.07) is 11.4. The van der Waals surface area contributed by atoms with Crippen molar-refractivity contribution in [1.29, 1.82) is 0 Å². The summed E-state index contributed by atoms with van der Waals surface area (Å²) < 4.78 is 13.5. The quantitative estimate of drug-likeness (QED) is 0.788. The van der Waals surface area contributed by atoms with Gasteiger partial charge in [0.2, 0.25) is 0 Å². The van der Waals surface area contributed by atoms with Crippen molar-refractivity contribution in [3.8, 4) is 0 Å². The first-order valence-electron chi connectivity index (χ1n) is 6.35. The van der Waals surface area contributed by atoms with Crippen molar-refractivity contribution in [3.63, 3.8) is 0 Å². The molecule has 5 heteroatoms. The largest absolute Gasteiger partial charge is 0.332 e. The van der Waals surface area contributed by atoms with Crippen LogP contribution in [0.1, 0.15) is 5.56 Å². The standard InChI is InChI=1S/C15H17N3OS/c1-11-7-8-12-13(10-11)18-15(17-12)20(2,3,19)14-6-4-5-9-16-14/h4-10H,1-3H3,(H,17,18). The van der Waals surface area contributed by atoms with E-state index in [-0.39, 0.29) is 0 Å². The summed E-state index contributed by atoms with van der Waals surface area (Å²) in [5.41, 5.74) is 2.86. The number of aromatic amines is 1. The SMILES string of the molecule is Cc1ccc2nc(S(C)(C)(=O)c3ccccn3)[nH]c2c1. The number of nitrogens with one attached hydrogen (secondary N) is 1. The Balaban J connectivity index is 2.25. The van der Waals surface area contributed by atoms with E-state index < -0.39 is 9.07 Å². The summed E-state index contributed by atoms with van der Waals surface area (Å²) in [5, 5.41) is 1.04. The van der Waals surface area contributed by atoms with E-state index in [2.05, 4.69) is 15.0 Å². The summed E-state index contributed by atoms with van der Waals surface area (Å²) in [6.45, 7) is 2.02. The zero-order valence-corrected chi connectivity index (χ0v) is 12.6. The first kappa shape index (κ1) is 13.0. The lowest BCUT2D eigenvalue weighted by molar-refractivity contribution is 0.653. The number of H-pyrrole nitrogens is 1. The van der Waals surface area contributed by atoms with Gasteiger partial charge in [0.05, 0.1) is 11.0 Å². The molecule has 0 fully saturated rings. The molecule has 0 atom stereocenters. The van der Waals surface area contributed by atoms with Gasteiger partial charge < -0.3 is 4.98 Å². The molecule has 0 aliphatic rings. The lowest BCUT2D eigenvalue weighted by Crippen LogP contribution is -2.32. The van der Waals surface area contributed by atoms with Crippen LogP contribution in [-0.4, -0.2) is 31.7 Å². The van der Waals surface area contributed by atoms with Crippen LogP contribution in [-0.2, 0) is 9.07 Å². The highest BCUT2D eigenvalue weighted by molar-refractivity contribution is 8.18. The second kappa shape index (κ2) is 3.99. The van der Waals surface area contributed by atoms with Gasteiger partial charge in [-0.05, 0) is 45.8 Å². The number of aromatic nitrogens is 3. The first-order valence-corrected chi connectivity index (χ1v) is 9.13. The van der Waals surface area contributed by atoms with E-state index in [0.29, 0.717) is 10.2 Å². The summed E-state index contributed by atoms with van der Waals surface area (Å²) in [5.74, 6) is 0. The van der Waals surface area contributed by atoms with Crippen molar-refractivity contribution in [2.45, 2.75) is 17.1 Å². The van der Waals surface area contributed by atoms with E-state index in [1.54, 1.807) is 24.8 Å². The van der Waals surface area contributed by atoms with E-state index in [1.165, 1.54) is 0 Å². The molecule has 1 N–H and O–H groups in total. The number of imidazole rings is 1. The molecule has 2 aromatic heterocycles. The molecule has 0 aliphatic carbocycles. The smallest absolute Gasteiger partial charge is 0.180 e.